The van der Waals surface area contributed by atoms with Gasteiger partial charge in [-0.15, -0.1) is 0 Å². The third-order valence-electron chi connectivity index (χ3n) is 6.36. The molecule has 0 spiro atoms. The number of ether oxygens (including phenoxy) is 1. The molecule has 186 valence electrons. The molecule has 5 rings (SSSR count). The molecule has 1 N–H and O–H groups in total. The number of pyridine rings is 1. The minimum atomic E-state index is -0.865. The Bertz CT molecular complexity index is 1470. The molecule has 0 bridgehead atoms. The molecule has 7 nitrogen and oxygen atoms in total. The van der Waals surface area contributed by atoms with Gasteiger partial charge in [0, 0.05) is 24.5 Å². The maximum atomic E-state index is 13.2. The van der Waals surface area contributed by atoms with Gasteiger partial charge in [-0.3, -0.25) is 14.6 Å². The Morgan fingerprint density at radius 2 is 1.73 bits per heavy atom. The molecule has 37 heavy (non-hydrogen) atoms. The summed E-state index contributed by atoms with van der Waals surface area (Å²) in [6.07, 6.45) is 3.25. The fraction of sp³-hybridized carbons (Fsp3) is 0.167. The van der Waals surface area contributed by atoms with E-state index in [9.17, 15) is 14.7 Å². The molecule has 0 saturated carbocycles. The van der Waals surface area contributed by atoms with E-state index in [4.69, 9.17) is 9.15 Å². The van der Waals surface area contributed by atoms with Crippen molar-refractivity contribution < 1.29 is 23.8 Å². The number of carbonyl (C=O) groups excluding carboxylic acids is 2. The number of hydrogen-bond donors (Lipinski definition) is 1. The van der Waals surface area contributed by atoms with Crippen LogP contribution in [-0.2, 0) is 22.7 Å². The third kappa shape index (κ3) is 4.89. The second-order valence-corrected chi connectivity index (χ2v) is 8.99. The maximum absolute atomic E-state index is 13.2. The molecule has 1 atom stereocenters. The highest BCUT2D eigenvalue weighted by Gasteiger charge is 2.47. The van der Waals surface area contributed by atoms with E-state index in [0.29, 0.717) is 29.4 Å². The predicted octanol–water partition coefficient (Wildman–Crippen LogP) is 5.49. The lowest BCUT2D eigenvalue weighted by Gasteiger charge is -2.23. The molecule has 1 aliphatic heterocycles. The summed E-state index contributed by atoms with van der Waals surface area (Å²) in [6.45, 7) is 4.23. The summed E-state index contributed by atoms with van der Waals surface area (Å²) in [6, 6.07) is 21.2. The Morgan fingerprint density at radius 1 is 0.973 bits per heavy atom. The fourth-order valence-corrected chi connectivity index (χ4v) is 4.47. The lowest BCUT2D eigenvalue weighted by atomic mass is 9.98. The number of amides is 1. The molecule has 0 aliphatic carbocycles. The summed E-state index contributed by atoms with van der Waals surface area (Å²) in [7, 11) is 0. The van der Waals surface area contributed by atoms with Crippen LogP contribution in [0, 0.1) is 13.8 Å². The monoisotopic (exact) mass is 494 g/mol. The van der Waals surface area contributed by atoms with Gasteiger partial charge in [-0.05, 0) is 73.0 Å². The highest BCUT2D eigenvalue weighted by molar-refractivity contribution is 6.46. The van der Waals surface area contributed by atoms with Crippen LogP contribution in [0.3, 0.4) is 0 Å². The van der Waals surface area contributed by atoms with Crippen molar-refractivity contribution in [3.63, 3.8) is 0 Å². The molecule has 1 amide bonds. The van der Waals surface area contributed by atoms with Gasteiger partial charge in [-0.25, -0.2) is 0 Å². The zero-order valence-electron chi connectivity index (χ0n) is 20.5. The molecule has 7 heteroatoms. The molecule has 3 heterocycles. The van der Waals surface area contributed by atoms with Crippen LogP contribution in [-0.4, -0.2) is 26.7 Å². The van der Waals surface area contributed by atoms with Crippen molar-refractivity contribution in [2.75, 3.05) is 0 Å². The van der Waals surface area contributed by atoms with Crippen molar-refractivity contribution in [3.8, 4) is 5.75 Å². The van der Waals surface area contributed by atoms with Crippen LogP contribution >= 0.6 is 0 Å². The van der Waals surface area contributed by atoms with Crippen LogP contribution in [0.1, 0.15) is 39.8 Å². The average molecular weight is 495 g/mol. The number of rotatable bonds is 7. The summed E-state index contributed by atoms with van der Waals surface area (Å²) in [5, 5.41) is 11.3. The topological polar surface area (TPSA) is 92.9 Å². The molecule has 1 aliphatic rings. The zero-order chi connectivity index (χ0) is 25.9. The standard InChI is InChI=1S/C30H26N2O5/c1-19-16-23(9-11-24(19)36-18-22-6-4-3-5-7-22)28(33)26-27(25-10-8-20(2)37-25)32(30(35)29(26)34)17-21-12-14-31-15-13-21/h3-16,27,33H,17-18H2,1-2H3/b28-26-. The molecule has 1 saturated heterocycles. The van der Waals surface area contributed by atoms with Crippen LogP contribution in [0.25, 0.3) is 5.76 Å². The van der Waals surface area contributed by atoms with Crippen LogP contribution in [0.15, 0.2) is 95.2 Å². The summed E-state index contributed by atoms with van der Waals surface area (Å²) in [5.41, 5.74) is 3.04. The largest absolute Gasteiger partial charge is 0.507 e. The molecule has 0 radical (unpaired) electrons. The first-order chi connectivity index (χ1) is 17.9. The number of ketones is 1. The molecule has 4 aromatic rings. The Balaban J connectivity index is 1.50. The number of aliphatic hydroxyl groups is 1. The van der Waals surface area contributed by atoms with E-state index >= 15 is 0 Å². The normalized spacial score (nSPS) is 16.8. The van der Waals surface area contributed by atoms with Crippen LogP contribution < -0.4 is 4.74 Å². The summed E-state index contributed by atoms with van der Waals surface area (Å²) in [4.78, 5) is 31.8. The van der Waals surface area contributed by atoms with Gasteiger partial charge in [-0.1, -0.05) is 30.3 Å². The smallest absolute Gasteiger partial charge is 0.296 e. The number of Topliss-reactive ketones (excluding diaryl/α,β-unsaturated/α-hetero) is 1. The number of likely N-dealkylation sites (tertiary alicyclic amines) is 1. The number of aromatic nitrogens is 1. The number of benzene rings is 2. The Hall–Kier alpha value is -4.65. The number of aliphatic hydroxyl groups excluding tert-OH is 1. The summed E-state index contributed by atoms with van der Waals surface area (Å²) in [5.74, 6) is 0.000753. The first kappa shape index (κ1) is 24.1. The van der Waals surface area contributed by atoms with Crippen molar-refractivity contribution in [2.45, 2.75) is 33.0 Å². The van der Waals surface area contributed by atoms with Crippen molar-refractivity contribution >= 4 is 17.4 Å². The van der Waals surface area contributed by atoms with Gasteiger partial charge in [0.25, 0.3) is 11.7 Å². The molecular formula is C30H26N2O5. The Kier molecular flexibility index (Phi) is 6.60. The quantitative estimate of drug-likeness (QED) is 0.207. The number of hydrogen-bond acceptors (Lipinski definition) is 6. The van der Waals surface area contributed by atoms with E-state index in [0.717, 1.165) is 16.7 Å². The van der Waals surface area contributed by atoms with Gasteiger partial charge in [0.1, 0.15) is 35.7 Å². The second-order valence-electron chi connectivity index (χ2n) is 8.99. The summed E-state index contributed by atoms with van der Waals surface area (Å²) >= 11 is 0. The van der Waals surface area contributed by atoms with E-state index in [1.54, 1.807) is 61.8 Å². The van der Waals surface area contributed by atoms with Gasteiger partial charge in [0.15, 0.2) is 0 Å². The molecular weight excluding hydrogens is 468 g/mol. The number of carbonyl (C=O) groups is 2. The van der Waals surface area contributed by atoms with Gasteiger partial charge in [0.2, 0.25) is 0 Å². The molecule has 2 aromatic heterocycles. The van der Waals surface area contributed by atoms with E-state index in [1.165, 1.54) is 4.90 Å². The van der Waals surface area contributed by atoms with Gasteiger partial charge in [-0.2, -0.15) is 0 Å². The van der Waals surface area contributed by atoms with Crippen molar-refractivity contribution in [2.24, 2.45) is 0 Å². The Morgan fingerprint density at radius 3 is 2.41 bits per heavy atom. The molecule has 1 fully saturated rings. The van der Waals surface area contributed by atoms with E-state index in [2.05, 4.69) is 4.98 Å². The van der Waals surface area contributed by atoms with Crippen LogP contribution in [0.4, 0.5) is 0 Å². The van der Waals surface area contributed by atoms with E-state index < -0.39 is 17.7 Å². The predicted molar refractivity (Wildman–Crippen MR) is 137 cm³/mol. The SMILES string of the molecule is Cc1ccc(C2/C(=C(/O)c3ccc(OCc4ccccc4)c(C)c3)C(=O)C(=O)N2Cc2ccncc2)o1. The first-order valence-corrected chi connectivity index (χ1v) is 11.9. The number of aryl methyl sites for hydroxylation is 2. The molecule has 2 aromatic carbocycles. The zero-order valence-corrected chi connectivity index (χ0v) is 20.5. The number of furan rings is 1. The van der Waals surface area contributed by atoms with Crippen molar-refractivity contribution in [1.29, 1.82) is 0 Å². The molecule has 1 unspecified atom stereocenters. The highest BCUT2D eigenvalue weighted by Crippen LogP contribution is 2.41. The van der Waals surface area contributed by atoms with E-state index in [-0.39, 0.29) is 17.9 Å². The number of nitrogens with zero attached hydrogens (tertiary/aromatic N) is 2. The average Bonchev–Trinajstić information content (AvgIpc) is 3.45. The van der Waals surface area contributed by atoms with Crippen molar-refractivity contribution in [1.82, 2.24) is 9.88 Å². The lowest BCUT2D eigenvalue weighted by Crippen LogP contribution is -2.29. The Labute approximate surface area is 214 Å². The van der Waals surface area contributed by atoms with Gasteiger partial charge >= 0.3 is 0 Å². The second kappa shape index (κ2) is 10.1. The fourth-order valence-electron chi connectivity index (χ4n) is 4.47. The minimum Gasteiger partial charge on any atom is -0.507 e. The maximum Gasteiger partial charge on any atom is 0.296 e. The van der Waals surface area contributed by atoms with E-state index in [1.807, 2.05) is 37.3 Å². The summed E-state index contributed by atoms with van der Waals surface area (Å²) < 4.78 is 11.8. The van der Waals surface area contributed by atoms with Crippen LogP contribution in [0.5, 0.6) is 5.75 Å². The minimum absolute atomic E-state index is 0.00856. The van der Waals surface area contributed by atoms with Gasteiger partial charge < -0.3 is 19.2 Å². The lowest BCUT2D eigenvalue weighted by molar-refractivity contribution is -0.140. The highest BCUT2D eigenvalue weighted by atomic mass is 16.5. The van der Waals surface area contributed by atoms with Gasteiger partial charge in [0.05, 0.1) is 5.57 Å². The van der Waals surface area contributed by atoms with Crippen LogP contribution in [0.2, 0.25) is 0 Å². The first-order valence-electron chi connectivity index (χ1n) is 11.9. The van der Waals surface area contributed by atoms with Crippen molar-refractivity contribution in [3.05, 3.63) is 125 Å². The third-order valence-corrected chi connectivity index (χ3v) is 6.36.